The van der Waals surface area contributed by atoms with Crippen molar-refractivity contribution in [1.82, 2.24) is 19.5 Å². The minimum Gasteiger partial charge on any atom is -0.468 e. The van der Waals surface area contributed by atoms with Gasteiger partial charge in [-0.2, -0.15) is 4.98 Å². The van der Waals surface area contributed by atoms with Crippen LogP contribution < -0.4 is 10.1 Å². The molecule has 0 aliphatic carbocycles. The zero-order chi connectivity index (χ0) is 18.8. The molecule has 1 aliphatic heterocycles. The summed E-state index contributed by atoms with van der Waals surface area (Å²) < 4.78 is 12.3. The Morgan fingerprint density at radius 1 is 1.35 bits per heavy atom. The number of imidazole rings is 1. The van der Waals surface area contributed by atoms with Crippen molar-refractivity contribution < 1.29 is 24.8 Å². The second-order valence-electron chi connectivity index (χ2n) is 6.25. The summed E-state index contributed by atoms with van der Waals surface area (Å²) in [7, 11) is 1.43. The highest BCUT2D eigenvalue weighted by atomic mass is 16.6. The lowest BCUT2D eigenvalue weighted by atomic mass is 10.1. The largest absolute Gasteiger partial charge is 0.468 e. The van der Waals surface area contributed by atoms with Gasteiger partial charge in [-0.15, -0.1) is 0 Å². The fourth-order valence-electron chi connectivity index (χ4n) is 2.84. The molecule has 2 aromatic rings. The number of rotatable bonds is 6. The van der Waals surface area contributed by atoms with E-state index in [0.717, 1.165) is 5.57 Å². The molecule has 0 aromatic carbocycles. The van der Waals surface area contributed by atoms with Crippen LogP contribution in [0.5, 0.6) is 6.01 Å². The van der Waals surface area contributed by atoms with Crippen molar-refractivity contribution in [3.8, 4) is 6.01 Å². The van der Waals surface area contributed by atoms with Crippen molar-refractivity contribution in [2.75, 3.05) is 25.6 Å². The van der Waals surface area contributed by atoms with Gasteiger partial charge in [-0.25, -0.2) is 14.5 Å². The van der Waals surface area contributed by atoms with Crippen molar-refractivity contribution in [2.24, 2.45) is 0 Å². The van der Waals surface area contributed by atoms with Gasteiger partial charge in [-0.3, -0.25) is 0 Å². The molecule has 0 amide bonds. The van der Waals surface area contributed by atoms with Gasteiger partial charge in [0.1, 0.15) is 24.6 Å². The van der Waals surface area contributed by atoms with E-state index in [1.54, 1.807) is 0 Å². The number of aliphatic hydroxyl groups excluding tert-OH is 3. The van der Waals surface area contributed by atoms with E-state index in [9.17, 15) is 15.3 Å². The van der Waals surface area contributed by atoms with E-state index in [4.69, 9.17) is 9.47 Å². The van der Waals surface area contributed by atoms with Gasteiger partial charge in [0, 0.05) is 6.54 Å². The molecule has 3 heterocycles. The monoisotopic (exact) mass is 365 g/mol. The molecule has 1 fully saturated rings. The van der Waals surface area contributed by atoms with Gasteiger partial charge in [-0.1, -0.05) is 11.6 Å². The Morgan fingerprint density at radius 2 is 2.12 bits per heavy atom. The molecule has 0 unspecified atom stereocenters. The van der Waals surface area contributed by atoms with E-state index in [2.05, 4.69) is 20.3 Å². The summed E-state index contributed by atoms with van der Waals surface area (Å²) >= 11 is 0. The number of methoxy groups -OCH3 is 1. The highest BCUT2D eigenvalue weighted by molar-refractivity contribution is 5.84. The van der Waals surface area contributed by atoms with Crippen molar-refractivity contribution in [2.45, 2.75) is 38.4 Å². The SMILES string of the molecule is COc1nc2c(NCC=C(C)C)ncnc2n1[C@@H]1O[C@H](CO)[C@@H](O)[C@H]1O. The lowest BCUT2D eigenvalue weighted by molar-refractivity contribution is -0.0537. The maximum absolute atomic E-state index is 10.3. The van der Waals surface area contributed by atoms with Gasteiger partial charge in [0.15, 0.2) is 23.2 Å². The molecule has 0 bridgehead atoms. The van der Waals surface area contributed by atoms with Crippen LogP contribution in [0.25, 0.3) is 11.2 Å². The summed E-state index contributed by atoms with van der Waals surface area (Å²) in [5.41, 5.74) is 1.99. The third-order valence-corrected chi connectivity index (χ3v) is 4.18. The summed E-state index contributed by atoms with van der Waals surface area (Å²) in [6.45, 7) is 4.14. The fraction of sp³-hybridized carbons (Fsp3) is 0.562. The minimum atomic E-state index is -1.27. The molecule has 0 saturated carbocycles. The first-order valence-corrected chi connectivity index (χ1v) is 8.24. The van der Waals surface area contributed by atoms with Crippen molar-refractivity contribution in [1.29, 1.82) is 0 Å². The number of allylic oxidation sites excluding steroid dienone is 1. The smallest absolute Gasteiger partial charge is 0.300 e. The molecule has 1 aliphatic rings. The number of aliphatic hydroxyl groups is 3. The van der Waals surface area contributed by atoms with Gasteiger partial charge < -0.3 is 30.1 Å². The number of ether oxygens (including phenoxy) is 2. The number of nitrogens with zero attached hydrogens (tertiary/aromatic N) is 4. The first-order valence-electron chi connectivity index (χ1n) is 8.24. The molecule has 0 spiro atoms. The highest BCUT2D eigenvalue weighted by Gasteiger charge is 2.45. The molecule has 26 heavy (non-hydrogen) atoms. The van der Waals surface area contributed by atoms with E-state index in [-0.39, 0.29) is 6.01 Å². The van der Waals surface area contributed by atoms with Crippen LogP contribution in [0.4, 0.5) is 5.82 Å². The number of fused-ring (bicyclic) bond motifs is 1. The predicted molar refractivity (Wildman–Crippen MR) is 92.8 cm³/mol. The van der Waals surface area contributed by atoms with Gasteiger partial charge in [0.05, 0.1) is 13.7 Å². The van der Waals surface area contributed by atoms with E-state index in [0.29, 0.717) is 23.5 Å². The summed E-state index contributed by atoms with van der Waals surface area (Å²) in [5.74, 6) is 0.510. The maximum Gasteiger partial charge on any atom is 0.300 e. The quantitative estimate of drug-likeness (QED) is 0.514. The summed E-state index contributed by atoms with van der Waals surface area (Å²) in [4.78, 5) is 12.8. The zero-order valence-electron chi connectivity index (χ0n) is 14.8. The average molecular weight is 365 g/mol. The Labute approximate surface area is 150 Å². The molecule has 142 valence electrons. The fourth-order valence-corrected chi connectivity index (χ4v) is 2.84. The molecular formula is C16H23N5O5. The standard InChI is InChI=1S/C16H23N5O5/c1-8(2)4-5-17-13-10-14(19-7-18-13)21(16(20-10)25-3)15-12(24)11(23)9(6-22)26-15/h4,7,9,11-12,15,22-24H,5-6H2,1-3H3,(H,17,18,19)/t9-,11-,12-,15-/m1/s1. The van der Waals surface area contributed by atoms with Crippen molar-refractivity contribution >= 4 is 17.0 Å². The third-order valence-electron chi connectivity index (χ3n) is 4.18. The lowest BCUT2D eigenvalue weighted by Gasteiger charge is -2.18. The van der Waals surface area contributed by atoms with E-state index >= 15 is 0 Å². The Balaban J connectivity index is 2.02. The van der Waals surface area contributed by atoms with Crippen LogP contribution >= 0.6 is 0 Å². The van der Waals surface area contributed by atoms with Crippen molar-refractivity contribution in [3.63, 3.8) is 0 Å². The second kappa shape index (κ2) is 7.54. The van der Waals surface area contributed by atoms with Gasteiger partial charge in [-0.05, 0) is 13.8 Å². The second-order valence-corrected chi connectivity index (χ2v) is 6.25. The molecular weight excluding hydrogens is 342 g/mol. The lowest BCUT2D eigenvalue weighted by Crippen LogP contribution is -2.33. The zero-order valence-corrected chi connectivity index (χ0v) is 14.8. The van der Waals surface area contributed by atoms with E-state index in [1.165, 1.54) is 18.0 Å². The van der Waals surface area contributed by atoms with E-state index in [1.807, 2.05) is 19.9 Å². The normalized spacial score (nSPS) is 25.5. The Kier molecular flexibility index (Phi) is 5.37. The Bertz CT molecular complexity index is 804. The number of nitrogens with one attached hydrogen (secondary N) is 1. The van der Waals surface area contributed by atoms with Crippen LogP contribution in [-0.2, 0) is 4.74 Å². The first kappa shape index (κ1) is 18.5. The number of hydrogen-bond acceptors (Lipinski definition) is 9. The highest BCUT2D eigenvalue weighted by Crippen LogP contribution is 2.36. The van der Waals surface area contributed by atoms with Crippen LogP contribution in [-0.4, -0.2) is 73.4 Å². The van der Waals surface area contributed by atoms with Gasteiger partial charge >= 0.3 is 6.01 Å². The molecule has 1 saturated heterocycles. The van der Waals surface area contributed by atoms with E-state index < -0.39 is 31.1 Å². The number of aromatic nitrogens is 4. The molecule has 4 N–H and O–H groups in total. The van der Waals surface area contributed by atoms with Crippen LogP contribution in [0, 0.1) is 0 Å². The molecule has 4 atom stereocenters. The van der Waals surface area contributed by atoms with Crippen molar-refractivity contribution in [3.05, 3.63) is 18.0 Å². The Morgan fingerprint density at radius 3 is 2.73 bits per heavy atom. The summed E-state index contributed by atoms with van der Waals surface area (Å²) in [6.07, 6.45) is -1.03. The van der Waals surface area contributed by atoms with Crippen LogP contribution in [0.2, 0.25) is 0 Å². The van der Waals surface area contributed by atoms with Crippen LogP contribution in [0.3, 0.4) is 0 Å². The minimum absolute atomic E-state index is 0.153. The third kappa shape index (κ3) is 3.23. The molecule has 0 radical (unpaired) electrons. The Hall–Kier alpha value is -2.27. The first-order chi connectivity index (χ1) is 12.5. The van der Waals surface area contributed by atoms with Crippen LogP contribution in [0.1, 0.15) is 20.1 Å². The molecule has 2 aromatic heterocycles. The predicted octanol–water partition coefficient (Wildman–Crippen LogP) is -0.176. The van der Waals surface area contributed by atoms with Crippen LogP contribution in [0.15, 0.2) is 18.0 Å². The number of anilines is 1. The molecule has 10 heteroatoms. The summed E-state index contributed by atoms with van der Waals surface area (Å²) in [6, 6.07) is 0.153. The summed E-state index contributed by atoms with van der Waals surface area (Å²) in [5, 5.41) is 32.8. The maximum atomic E-state index is 10.3. The van der Waals surface area contributed by atoms with Gasteiger partial charge in [0.25, 0.3) is 0 Å². The topological polar surface area (TPSA) is 135 Å². The van der Waals surface area contributed by atoms with Gasteiger partial charge in [0.2, 0.25) is 0 Å². The average Bonchev–Trinajstić information content (AvgIpc) is 3.13. The number of hydrogen-bond donors (Lipinski definition) is 4. The molecule has 3 rings (SSSR count). The molecule has 10 nitrogen and oxygen atoms in total.